The summed E-state index contributed by atoms with van der Waals surface area (Å²) in [6, 6.07) is -0.910. The molecule has 75 heavy (non-hydrogen) atoms. The second-order valence-corrected chi connectivity index (χ2v) is 22.4. The van der Waals surface area contributed by atoms with Crippen LogP contribution < -0.4 is 10.2 Å². The Balaban J connectivity index is 4.03. The van der Waals surface area contributed by atoms with E-state index >= 15 is 0 Å². The lowest BCUT2D eigenvalue weighted by atomic mass is 10.0. The van der Waals surface area contributed by atoms with E-state index in [1.807, 2.05) is 27.2 Å². The Morgan fingerprint density at radius 3 is 1.24 bits per heavy atom. The van der Waals surface area contributed by atoms with Gasteiger partial charge in [-0.25, -0.2) is 0 Å². The lowest BCUT2D eigenvalue weighted by Gasteiger charge is -2.29. The molecule has 0 aliphatic rings. The number of unbranched alkanes of at least 4 members (excludes halogenated alkanes) is 20. The molecule has 0 rings (SSSR count). The fourth-order valence-electron chi connectivity index (χ4n) is 7.93. The summed E-state index contributed by atoms with van der Waals surface area (Å²) in [6.45, 7) is 4.48. The van der Waals surface area contributed by atoms with Crippen molar-refractivity contribution in [1.29, 1.82) is 0 Å². The molecule has 0 saturated carbocycles. The van der Waals surface area contributed by atoms with Crippen LogP contribution >= 0.6 is 7.82 Å². The normalized spacial score (nSPS) is 14.8. The third-order valence-electron chi connectivity index (χ3n) is 12.6. The molecule has 3 atom stereocenters. The van der Waals surface area contributed by atoms with Gasteiger partial charge in [0.25, 0.3) is 7.82 Å². The van der Waals surface area contributed by atoms with Crippen molar-refractivity contribution in [3.8, 4) is 0 Å². The molecule has 0 aliphatic carbocycles. The van der Waals surface area contributed by atoms with Crippen LogP contribution in [0.15, 0.2) is 134 Å². The minimum absolute atomic E-state index is 0.0118. The van der Waals surface area contributed by atoms with Crippen molar-refractivity contribution in [2.45, 2.75) is 238 Å². The predicted octanol–water partition coefficient (Wildman–Crippen LogP) is 18.1. The van der Waals surface area contributed by atoms with E-state index in [0.29, 0.717) is 17.4 Å². The molecule has 0 bridgehead atoms. The standard InChI is InChI=1S/C66H113N2O6P/c1-6-8-10-12-14-16-18-20-21-22-23-24-25-26-27-28-29-30-31-32-33-34-35-36-37-38-39-40-41-42-43-44-45-46-47-48-50-52-54-56-58-60-66(70)67-64(63-74-75(71,72)73-62-61-68(3,4)5)65(69)59-57-55-53-51-49-19-17-15-13-11-9-7-2/h8,10,14,16,20-21,23-24,26-27,29-30,32-33,35-36,38-39,49,51,57,59,64-65,69H,6-7,9,11-13,15,17-19,22,25,28,31,34,37,40-48,50,52-56,58,60-63H2,1-5H3,(H-,67,70,71,72)/b10-8-,16-14-,21-20-,24-23-,27-26-,30-29-,33-32-,36-35-,39-38-,51-49+,59-57+. The smallest absolute Gasteiger partial charge is 0.268 e. The molecule has 0 aromatic rings. The molecule has 428 valence electrons. The van der Waals surface area contributed by atoms with Crippen molar-refractivity contribution in [3.05, 3.63) is 134 Å². The maximum absolute atomic E-state index is 12.9. The van der Waals surface area contributed by atoms with E-state index in [2.05, 4.69) is 141 Å². The first-order valence-electron chi connectivity index (χ1n) is 30.0. The summed E-state index contributed by atoms with van der Waals surface area (Å²) in [5, 5.41) is 13.8. The average molecular weight is 1060 g/mol. The summed E-state index contributed by atoms with van der Waals surface area (Å²) in [5.74, 6) is -0.215. The highest BCUT2D eigenvalue weighted by Gasteiger charge is 2.23. The molecule has 0 spiro atoms. The number of nitrogens with one attached hydrogen (secondary N) is 1. The van der Waals surface area contributed by atoms with Gasteiger partial charge in [0.15, 0.2) is 0 Å². The SMILES string of the molecule is CC/C=C\C/C=C\C/C=C\C/C=C\C/C=C\C/C=C\C/C=C\C/C=C\C/C=C\CCCCCCCCCCCCCCCC(=O)NC(COP(=O)([O-])OCC[N+](C)(C)C)C(O)/C=C/CC/C=C/CCCCCCCC. The molecule has 0 aliphatic heterocycles. The zero-order valence-electron chi connectivity index (χ0n) is 48.7. The van der Waals surface area contributed by atoms with Gasteiger partial charge in [-0.15, -0.1) is 0 Å². The van der Waals surface area contributed by atoms with Crippen LogP contribution in [0.2, 0.25) is 0 Å². The largest absolute Gasteiger partial charge is 0.756 e. The number of aliphatic hydroxyl groups excluding tert-OH is 1. The van der Waals surface area contributed by atoms with Crippen LogP contribution in [0.25, 0.3) is 0 Å². The van der Waals surface area contributed by atoms with Crippen LogP contribution in [0.1, 0.15) is 226 Å². The molecule has 0 saturated heterocycles. The van der Waals surface area contributed by atoms with Crippen LogP contribution in [-0.4, -0.2) is 68.5 Å². The summed E-state index contributed by atoms with van der Waals surface area (Å²) in [6.07, 6.45) is 84.1. The summed E-state index contributed by atoms with van der Waals surface area (Å²) in [5.41, 5.74) is 0. The minimum atomic E-state index is -4.61. The fraction of sp³-hybridized carbons (Fsp3) is 0.652. The maximum Gasteiger partial charge on any atom is 0.268 e. The van der Waals surface area contributed by atoms with Crippen molar-refractivity contribution in [2.75, 3.05) is 40.9 Å². The van der Waals surface area contributed by atoms with E-state index in [1.54, 1.807) is 6.08 Å². The van der Waals surface area contributed by atoms with Crippen molar-refractivity contribution in [2.24, 2.45) is 0 Å². The Hall–Kier alpha value is -3.36. The van der Waals surface area contributed by atoms with Gasteiger partial charge in [0, 0.05) is 6.42 Å². The highest BCUT2D eigenvalue weighted by molar-refractivity contribution is 7.45. The highest BCUT2D eigenvalue weighted by Crippen LogP contribution is 2.38. The lowest BCUT2D eigenvalue weighted by Crippen LogP contribution is -2.45. The average Bonchev–Trinajstić information content (AvgIpc) is 3.37. The third-order valence-corrected chi connectivity index (χ3v) is 13.6. The van der Waals surface area contributed by atoms with E-state index in [9.17, 15) is 19.4 Å². The third kappa shape index (κ3) is 58.2. The molecule has 3 unspecified atom stereocenters. The minimum Gasteiger partial charge on any atom is -0.756 e. The second kappa shape index (κ2) is 55.4. The van der Waals surface area contributed by atoms with E-state index in [1.165, 1.54) is 109 Å². The summed E-state index contributed by atoms with van der Waals surface area (Å²) >= 11 is 0. The predicted molar refractivity (Wildman–Crippen MR) is 325 cm³/mol. The van der Waals surface area contributed by atoms with Gasteiger partial charge in [-0.1, -0.05) is 250 Å². The number of phosphoric ester groups is 1. The molecule has 0 heterocycles. The molecule has 2 N–H and O–H groups in total. The number of nitrogens with zero attached hydrogens (tertiary/aromatic N) is 1. The first-order chi connectivity index (χ1) is 36.5. The van der Waals surface area contributed by atoms with Crippen molar-refractivity contribution < 1.29 is 32.9 Å². The Kier molecular flexibility index (Phi) is 52.9. The van der Waals surface area contributed by atoms with Crippen LogP contribution in [0.5, 0.6) is 0 Å². The fourth-order valence-corrected chi connectivity index (χ4v) is 8.65. The zero-order chi connectivity index (χ0) is 54.9. The molecule has 9 heteroatoms. The van der Waals surface area contributed by atoms with Crippen molar-refractivity contribution in [1.82, 2.24) is 5.32 Å². The van der Waals surface area contributed by atoms with Gasteiger partial charge in [0.05, 0.1) is 39.9 Å². The number of hydrogen-bond donors (Lipinski definition) is 2. The number of aliphatic hydroxyl groups is 1. The van der Waals surface area contributed by atoms with Crippen LogP contribution in [0.3, 0.4) is 0 Å². The highest BCUT2D eigenvalue weighted by atomic mass is 31.2. The van der Waals surface area contributed by atoms with E-state index in [-0.39, 0.29) is 12.5 Å². The molecular formula is C66H113N2O6P. The topological polar surface area (TPSA) is 108 Å². The Labute approximate surface area is 462 Å². The van der Waals surface area contributed by atoms with Crippen LogP contribution in [-0.2, 0) is 18.4 Å². The number of allylic oxidation sites excluding steroid dienone is 21. The number of carbonyl (C=O) groups excluding carboxylic acids is 1. The van der Waals surface area contributed by atoms with E-state index in [0.717, 1.165) is 96.3 Å². The van der Waals surface area contributed by atoms with Crippen LogP contribution in [0, 0.1) is 0 Å². The number of likely N-dealkylation sites (N-methyl/N-ethyl adjacent to an activating group) is 1. The van der Waals surface area contributed by atoms with Crippen LogP contribution in [0.4, 0.5) is 0 Å². The van der Waals surface area contributed by atoms with Gasteiger partial charge in [-0.3, -0.25) is 9.36 Å². The quantitative estimate of drug-likeness (QED) is 0.0272. The number of rotatable bonds is 53. The maximum atomic E-state index is 12.9. The Morgan fingerprint density at radius 2 is 0.827 bits per heavy atom. The number of phosphoric acid groups is 1. The number of amides is 1. The van der Waals surface area contributed by atoms with Gasteiger partial charge >= 0.3 is 0 Å². The molecule has 1 amide bonds. The van der Waals surface area contributed by atoms with Crippen molar-refractivity contribution >= 4 is 13.7 Å². The molecule has 8 nitrogen and oxygen atoms in total. The van der Waals surface area contributed by atoms with Gasteiger partial charge in [0.2, 0.25) is 5.91 Å². The monoisotopic (exact) mass is 1060 g/mol. The van der Waals surface area contributed by atoms with Gasteiger partial charge < -0.3 is 28.8 Å². The first-order valence-corrected chi connectivity index (χ1v) is 31.5. The summed E-state index contributed by atoms with van der Waals surface area (Å²) in [4.78, 5) is 25.4. The Bertz CT molecular complexity index is 1680. The molecule has 0 radical (unpaired) electrons. The van der Waals surface area contributed by atoms with Gasteiger partial charge in [0.1, 0.15) is 13.2 Å². The van der Waals surface area contributed by atoms with Crippen molar-refractivity contribution in [3.63, 3.8) is 0 Å². The molecule has 0 aromatic heterocycles. The number of hydrogen-bond acceptors (Lipinski definition) is 6. The Morgan fingerprint density at radius 1 is 0.480 bits per heavy atom. The number of carbonyl (C=O) groups is 1. The summed E-state index contributed by atoms with van der Waals surface area (Å²) in [7, 11) is 1.23. The second-order valence-electron chi connectivity index (χ2n) is 21.0. The van der Waals surface area contributed by atoms with Gasteiger partial charge in [-0.05, 0) is 103 Å². The molecular weight excluding hydrogens is 948 g/mol. The number of quaternary nitrogens is 1. The van der Waals surface area contributed by atoms with Gasteiger partial charge in [-0.2, -0.15) is 0 Å². The van der Waals surface area contributed by atoms with E-state index in [4.69, 9.17) is 9.05 Å². The molecule has 0 fully saturated rings. The first kappa shape index (κ1) is 71.6. The lowest BCUT2D eigenvalue weighted by molar-refractivity contribution is -0.870. The zero-order valence-corrected chi connectivity index (χ0v) is 49.6. The van der Waals surface area contributed by atoms with E-state index < -0.39 is 26.6 Å². The summed E-state index contributed by atoms with van der Waals surface area (Å²) < 4.78 is 23.3. The molecule has 0 aromatic carbocycles.